The summed E-state index contributed by atoms with van der Waals surface area (Å²) in [6.45, 7) is 8.12. The predicted octanol–water partition coefficient (Wildman–Crippen LogP) is 4.51. The Morgan fingerprint density at radius 3 is 2.52 bits per heavy atom. The van der Waals surface area contributed by atoms with Crippen molar-refractivity contribution in [2.24, 2.45) is 5.92 Å². The first-order chi connectivity index (χ1) is 12.9. The highest BCUT2D eigenvalue weighted by atomic mass is 16.1. The number of nitrogens with one attached hydrogen (secondary N) is 1. The summed E-state index contributed by atoms with van der Waals surface area (Å²) >= 11 is 0. The highest BCUT2D eigenvalue weighted by Crippen LogP contribution is 2.41. The quantitative estimate of drug-likeness (QED) is 0.726. The van der Waals surface area contributed by atoms with Crippen molar-refractivity contribution in [2.75, 3.05) is 0 Å². The average molecular weight is 362 g/mol. The molecule has 1 saturated carbocycles. The molecule has 0 spiro atoms. The van der Waals surface area contributed by atoms with Gasteiger partial charge in [0.15, 0.2) is 5.65 Å². The van der Waals surface area contributed by atoms with Gasteiger partial charge in [-0.2, -0.15) is 5.10 Å². The molecule has 1 N–H and O–H groups in total. The van der Waals surface area contributed by atoms with Crippen LogP contribution in [-0.2, 0) is 0 Å². The van der Waals surface area contributed by atoms with E-state index in [1.807, 2.05) is 17.7 Å². The average Bonchev–Trinajstić information content (AvgIpc) is 3.39. The summed E-state index contributed by atoms with van der Waals surface area (Å²) in [4.78, 5) is 17.7. The molecule has 1 aromatic carbocycles. The van der Waals surface area contributed by atoms with Crippen LogP contribution in [0.3, 0.4) is 0 Å². The molecule has 1 amide bonds. The van der Waals surface area contributed by atoms with E-state index < -0.39 is 0 Å². The molecule has 2 aromatic heterocycles. The zero-order valence-corrected chi connectivity index (χ0v) is 16.4. The molecule has 140 valence electrons. The lowest BCUT2D eigenvalue weighted by Crippen LogP contribution is -2.30. The van der Waals surface area contributed by atoms with Crippen molar-refractivity contribution in [1.29, 1.82) is 0 Å². The molecule has 1 aliphatic rings. The molecular weight excluding hydrogens is 336 g/mol. The summed E-state index contributed by atoms with van der Waals surface area (Å²) in [5.74, 6) is 0.467. The van der Waals surface area contributed by atoms with Crippen LogP contribution in [-0.4, -0.2) is 20.7 Å². The van der Waals surface area contributed by atoms with Gasteiger partial charge in [-0.1, -0.05) is 29.8 Å². The highest BCUT2D eigenvalue weighted by molar-refractivity contribution is 5.98. The van der Waals surface area contributed by atoms with Crippen LogP contribution in [0.25, 0.3) is 11.0 Å². The van der Waals surface area contributed by atoms with Gasteiger partial charge in [0.1, 0.15) is 0 Å². The molecule has 4 rings (SSSR count). The topological polar surface area (TPSA) is 59.8 Å². The van der Waals surface area contributed by atoms with E-state index in [2.05, 4.69) is 60.4 Å². The van der Waals surface area contributed by atoms with E-state index in [1.165, 1.54) is 11.1 Å². The van der Waals surface area contributed by atoms with E-state index in [0.29, 0.717) is 11.5 Å². The molecule has 0 radical (unpaired) electrons. The lowest BCUT2D eigenvalue weighted by molar-refractivity contribution is 0.0931. The molecule has 1 aliphatic carbocycles. The van der Waals surface area contributed by atoms with E-state index in [-0.39, 0.29) is 18.0 Å². The second-order valence-electron chi connectivity index (χ2n) is 7.92. The minimum Gasteiger partial charge on any atom is -0.345 e. The summed E-state index contributed by atoms with van der Waals surface area (Å²) < 4.78 is 1.89. The van der Waals surface area contributed by atoms with Gasteiger partial charge in [0, 0.05) is 11.4 Å². The van der Waals surface area contributed by atoms with Gasteiger partial charge in [0.2, 0.25) is 0 Å². The molecule has 2 heterocycles. The van der Waals surface area contributed by atoms with Gasteiger partial charge in [0.05, 0.1) is 23.5 Å². The number of carbonyl (C=O) groups excluding carboxylic acids is 1. The lowest BCUT2D eigenvalue weighted by atomic mass is 10.0. The van der Waals surface area contributed by atoms with Gasteiger partial charge in [-0.15, -0.1) is 0 Å². The molecule has 3 aromatic rings. The van der Waals surface area contributed by atoms with Crippen LogP contribution in [0.15, 0.2) is 36.5 Å². The zero-order chi connectivity index (χ0) is 19.1. The van der Waals surface area contributed by atoms with Crippen LogP contribution < -0.4 is 5.32 Å². The number of hydrogen-bond acceptors (Lipinski definition) is 3. The molecule has 27 heavy (non-hydrogen) atoms. The smallest absolute Gasteiger partial charge is 0.253 e. The number of aryl methyl sites for hydroxylation is 2. The van der Waals surface area contributed by atoms with Crippen molar-refractivity contribution in [3.63, 3.8) is 0 Å². The molecule has 0 bridgehead atoms. The Hall–Kier alpha value is -2.69. The molecule has 1 atom stereocenters. The Balaban J connectivity index is 1.63. The van der Waals surface area contributed by atoms with Crippen LogP contribution >= 0.6 is 0 Å². The van der Waals surface area contributed by atoms with Crippen molar-refractivity contribution >= 4 is 16.9 Å². The first-order valence-corrected chi connectivity index (χ1v) is 9.66. The Kier molecular flexibility index (Phi) is 4.46. The maximum absolute atomic E-state index is 13.1. The maximum atomic E-state index is 13.1. The molecular formula is C22H26N4O. The first-order valence-electron chi connectivity index (χ1n) is 9.66. The number of carbonyl (C=O) groups is 1. The van der Waals surface area contributed by atoms with Crippen LogP contribution in [0.2, 0.25) is 0 Å². The van der Waals surface area contributed by atoms with Crippen molar-refractivity contribution < 1.29 is 4.79 Å². The predicted molar refractivity (Wildman–Crippen MR) is 107 cm³/mol. The summed E-state index contributed by atoms with van der Waals surface area (Å²) in [5.41, 5.74) is 4.60. The number of benzene rings is 1. The lowest BCUT2D eigenvalue weighted by Gasteiger charge is -2.20. The SMILES string of the molecule is Cc1ccc(C(NC(=O)c2cc3cnn(C(C)C)c3nc2C)C2CC2)cc1. The molecule has 5 heteroatoms. The molecule has 0 saturated heterocycles. The van der Waals surface area contributed by atoms with E-state index >= 15 is 0 Å². The normalized spacial score (nSPS) is 15.3. The fraction of sp³-hybridized carbons (Fsp3) is 0.409. The van der Waals surface area contributed by atoms with Gasteiger partial charge in [0.25, 0.3) is 5.91 Å². The van der Waals surface area contributed by atoms with Crippen LogP contribution in [0, 0.1) is 19.8 Å². The van der Waals surface area contributed by atoms with Gasteiger partial charge < -0.3 is 5.32 Å². The number of nitrogens with zero attached hydrogens (tertiary/aromatic N) is 3. The second-order valence-corrected chi connectivity index (χ2v) is 7.92. The third-order valence-electron chi connectivity index (χ3n) is 5.31. The molecule has 0 aliphatic heterocycles. The van der Waals surface area contributed by atoms with Gasteiger partial charge in [-0.3, -0.25) is 4.79 Å². The van der Waals surface area contributed by atoms with E-state index in [0.717, 1.165) is 29.6 Å². The molecule has 1 unspecified atom stereocenters. The van der Waals surface area contributed by atoms with Crippen molar-refractivity contribution in [3.8, 4) is 0 Å². The third-order valence-corrected chi connectivity index (χ3v) is 5.31. The molecule has 5 nitrogen and oxygen atoms in total. The van der Waals surface area contributed by atoms with E-state index in [4.69, 9.17) is 0 Å². The minimum absolute atomic E-state index is 0.0586. The summed E-state index contributed by atoms with van der Waals surface area (Å²) in [6.07, 6.45) is 4.11. The number of rotatable bonds is 5. The minimum atomic E-state index is -0.0586. The van der Waals surface area contributed by atoms with Crippen LogP contribution in [0.5, 0.6) is 0 Å². The Morgan fingerprint density at radius 2 is 1.89 bits per heavy atom. The molecule has 1 fully saturated rings. The van der Waals surface area contributed by atoms with Crippen molar-refractivity contribution in [2.45, 2.75) is 52.6 Å². The summed E-state index contributed by atoms with van der Waals surface area (Å²) in [7, 11) is 0. The Labute approximate surface area is 159 Å². The summed E-state index contributed by atoms with van der Waals surface area (Å²) in [6, 6.07) is 10.7. The number of pyridine rings is 1. The van der Waals surface area contributed by atoms with E-state index in [9.17, 15) is 4.79 Å². The Bertz CT molecular complexity index is 983. The number of amides is 1. The van der Waals surface area contributed by atoms with Crippen molar-refractivity contribution in [3.05, 3.63) is 58.9 Å². The number of hydrogen-bond donors (Lipinski definition) is 1. The number of aromatic nitrogens is 3. The zero-order valence-electron chi connectivity index (χ0n) is 16.4. The highest BCUT2D eigenvalue weighted by Gasteiger charge is 2.34. The first kappa shape index (κ1) is 17.7. The maximum Gasteiger partial charge on any atom is 0.253 e. The second kappa shape index (κ2) is 6.80. The monoisotopic (exact) mass is 362 g/mol. The Morgan fingerprint density at radius 1 is 1.19 bits per heavy atom. The standard InChI is InChI=1S/C22H26N4O/c1-13(2)26-21-18(12-23-26)11-19(15(4)24-21)22(27)25-20(17-9-10-17)16-7-5-14(3)6-8-16/h5-8,11-13,17,20H,9-10H2,1-4H3,(H,25,27). The fourth-order valence-corrected chi connectivity index (χ4v) is 3.57. The third kappa shape index (κ3) is 3.46. The summed E-state index contributed by atoms with van der Waals surface area (Å²) in [5, 5.41) is 8.57. The van der Waals surface area contributed by atoms with Gasteiger partial charge in [-0.05, 0) is 58.1 Å². The van der Waals surface area contributed by atoms with Crippen LogP contribution in [0.1, 0.15) is 66.0 Å². The number of fused-ring (bicyclic) bond motifs is 1. The van der Waals surface area contributed by atoms with E-state index in [1.54, 1.807) is 6.20 Å². The largest absolute Gasteiger partial charge is 0.345 e. The van der Waals surface area contributed by atoms with Crippen molar-refractivity contribution in [1.82, 2.24) is 20.1 Å². The fourth-order valence-electron chi connectivity index (χ4n) is 3.57. The van der Waals surface area contributed by atoms with Gasteiger partial charge in [-0.25, -0.2) is 9.67 Å². The van der Waals surface area contributed by atoms with Gasteiger partial charge >= 0.3 is 0 Å². The van der Waals surface area contributed by atoms with Crippen LogP contribution in [0.4, 0.5) is 0 Å².